The van der Waals surface area contributed by atoms with E-state index in [4.69, 9.17) is 4.74 Å². The van der Waals surface area contributed by atoms with Crippen LogP contribution in [0.15, 0.2) is 65.1 Å². The molecule has 0 unspecified atom stereocenters. The number of carbonyl (C=O) groups is 2. The van der Waals surface area contributed by atoms with Gasteiger partial charge in [-0.2, -0.15) is 0 Å². The lowest BCUT2D eigenvalue weighted by Gasteiger charge is -2.31. The molecule has 180 valence electrons. The Bertz CT molecular complexity index is 1150. The number of nitrogens with zero attached hydrogens (tertiary/aromatic N) is 1. The van der Waals surface area contributed by atoms with E-state index in [0.717, 1.165) is 32.8 Å². The van der Waals surface area contributed by atoms with Gasteiger partial charge in [-0.15, -0.1) is 0 Å². The molecule has 0 aliphatic heterocycles. The number of halogens is 1. The predicted molar refractivity (Wildman–Crippen MR) is 141 cm³/mol. The first-order chi connectivity index (χ1) is 16.3. The summed E-state index contributed by atoms with van der Waals surface area (Å²) in [6.45, 7) is 8.13. The zero-order valence-electron chi connectivity index (χ0n) is 20.3. The fraction of sp³-hybridized carbons (Fsp3) is 0.357. The molecule has 3 aromatic carbocycles. The molecular weight excluding hydrogens is 492 g/mol. The molecule has 34 heavy (non-hydrogen) atoms. The normalized spacial score (nSPS) is 12.7. The van der Waals surface area contributed by atoms with Crippen molar-refractivity contribution in [3.8, 4) is 5.75 Å². The van der Waals surface area contributed by atoms with Gasteiger partial charge in [0.25, 0.3) is 5.91 Å². The number of hydrogen-bond donors (Lipinski definition) is 1. The maximum Gasteiger partial charge on any atom is 0.261 e. The molecule has 0 spiro atoms. The lowest BCUT2D eigenvalue weighted by atomic mass is 10.1. The standard InChI is InChI=1S/C28H33BrN2O3/c1-5-20(4)30-28(33)24(6-2)31(17-22-13-8-7-11-19(22)3)26(32)18-34-25-16-15-21-12-9-10-14-23(21)27(25)29/h7-16,20,24H,5-6,17-18H2,1-4H3,(H,30,33)/t20-,24+/m1/s1. The van der Waals surface area contributed by atoms with E-state index in [1.54, 1.807) is 4.90 Å². The minimum atomic E-state index is -0.579. The van der Waals surface area contributed by atoms with E-state index in [1.807, 2.05) is 88.4 Å². The van der Waals surface area contributed by atoms with Crippen LogP contribution >= 0.6 is 15.9 Å². The average Bonchev–Trinajstić information content (AvgIpc) is 2.84. The van der Waals surface area contributed by atoms with Crippen LogP contribution in [0, 0.1) is 6.92 Å². The third-order valence-electron chi connectivity index (χ3n) is 6.17. The van der Waals surface area contributed by atoms with Gasteiger partial charge < -0.3 is 15.0 Å². The van der Waals surface area contributed by atoms with Crippen molar-refractivity contribution in [3.63, 3.8) is 0 Å². The fourth-order valence-corrected chi connectivity index (χ4v) is 4.49. The molecule has 0 aliphatic rings. The number of amides is 2. The second-order valence-electron chi connectivity index (χ2n) is 8.58. The lowest BCUT2D eigenvalue weighted by molar-refractivity contribution is -0.143. The van der Waals surface area contributed by atoms with Crippen LogP contribution in [0.3, 0.4) is 0 Å². The van der Waals surface area contributed by atoms with Crippen LogP contribution in [0.4, 0.5) is 0 Å². The number of fused-ring (bicyclic) bond motifs is 1. The minimum Gasteiger partial charge on any atom is -0.483 e. The Morgan fingerprint density at radius 2 is 1.71 bits per heavy atom. The number of nitrogens with one attached hydrogen (secondary N) is 1. The van der Waals surface area contributed by atoms with Crippen molar-refractivity contribution in [3.05, 3.63) is 76.3 Å². The van der Waals surface area contributed by atoms with Gasteiger partial charge in [0, 0.05) is 12.6 Å². The van der Waals surface area contributed by atoms with E-state index >= 15 is 0 Å². The molecule has 3 aromatic rings. The van der Waals surface area contributed by atoms with Gasteiger partial charge in [-0.3, -0.25) is 9.59 Å². The molecule has 0 fully saturated rings. The fourth-order valence-electron chi connectivity index (χ4n) is 3.88. The Kier molecular flexibility index (Phi) is 9.11. The first-order valence-electron chi connectivity index (χ1n) is 11.8. The second-order valence-corrected chi connectivity index (χ2v) is 9.37. The smallest absolute Gasteiger partial charge is 0.261 e. The van der Waals surface area contributed by atoms with Gasteiger partial charge in [0.05, 0.1) is 4.47 Å². The highest BCUT2D eigenvalue weighted by Gasteiger charge is 2.30. The van der Waals surface area contributed by atoms with E-state index < -0.39 is 6.04 Å². The van der Waals surface area contributed by atoms with Crippen molar-refractivity contribution >= 4 is 38.5 Å². The molecule has 3 rings (SSSR count). The van der Waals surface area contributed by atoms with Gasteiger partial charge in [0.15, 0.2) is 6.61 Å². The highest BCUT2D eigenvalue weighted by atomic mass is 79.9. The molecule has 0 saturated carbocycles. The number of aryl methyl sites for hydroxylation is 1. The second kappa shape index (κ2) is 12.0. The number of benzene rings is 3. The van der Waals surface area contributed by atoms with Gasteiger partial charge in [0.2, 0.25) is 5.91 Å². The molecule has 0 saturated heterocycles. The van der Waals surface area contributed by atoms with E-state index in [2.05, 4.69) is 21.2 Å². The van der Waals surface area contributed by atoms with Crippen LogP contribution in [-0.2, 0) is 16.1 Å². The van der Waals surface area contributed by atoms with Crippen LogP contribution in [0.2, 0.25) is 0 Å². The van der Waals surface area contributed by atoms with Crippen molar-refractivity contribution in [1.29, 1.82) is 0 Å². The summed E-state index contributed by atoms with van der Waals surface area (Å²) in [6, 6.07) is 19.2. The zero-order valence-corrected chi connectivity index (χ0v) is 21.9. The van der Waals surface area contributed by atoms with E-state index in [9.17, 15) is 9.59 Å². The van der Waals surface area contributed by atoms with Crippen molar-refractivity contribution in [2.45, 2.75) is 59.2 Å². The highest BCUT2D eigenvalue weighted by Crippen LogP contribution is 2.33. The molecule has 0 bridgehead atoms. The molecule has 0 heterocycles. The van der Waals surface area contributed by atoms with Crippen LogP contribution in [-0.4, -0.2) is 35.4 Å². The molecule has 2 amide bonds. The molecule has 0 radical (unpaired) electrons. The Morgan fingerprint density at radius 3 is 2.41 bits per heavy atom. The van der Waals surface area contributed by atoms with E-state index in [1.165, 1.54) is 0 Å². The molecule has 1 N–H and O–H groups in total. The summed E-state index contributed by atoms with van der Waals surface area (Å²) in [5.41, 5.74) is 2.09. The summed E-state index contributed by atoms with van der Waals surface area (Å²) in [5, 5.41) is 5.14. The van der Waals surface area contributed by atoms with Crippen molar-refractivity contribution in [2.75, 3.05) is 6.61 Å². The number of rotatable bonds is 10. The SMILES string of the molecule is CC[C@@H](C)NC(=O)[C@H](CC)N(Cc1ccccc1C)C(=O)COc1ccc2ccccc2c1Br. The first kappa shape index (κ1) is 25.8. The lowest BCUT2D eigenvalue weighted by Crippen LogP contribution is -2.51. The van der Waals surface area contributed by atoms with Crippen LogP contribution in [0.25, 0.3) is 10.8 Å². The molecule has 5 nitrogen and oxygen atoms in total. The maximum atomic E-state index is 13.5. The van der Waals surface area contributed by atoms with Gasteiger partial charge in [-0.25, -0.2) is 0 Å². The number of carbonyl (C=O) groups excluding carboxylic acids is 2. The van der Waals surface area contributed by atoms with Crippen LogP contribution in [0.5, 0.6) is 5.75 Å². The Balaban J connectivity index is 1.84. The van der Waals surface area contributed by atoms with E-state index in [0.29, 0.717) is 18.7 Å². The van der Waals surface area contributed by atoms with E-state index in [-0.39, 0.29) is 24.5 Å². The summed E-state index contributed by atoms with van der Waals surface area (Å²) >= 11 is 3.62. The summed E-state index contributed by atoms with van der Waals surface area (Å²) in [6.07, 6.45) is 1.34. The summed E-state index contributed by atoms with van der Waals surface area (Å²) in [4.78, 5) is 28.2. The van der Waals surface area contributed by atoms with Crippen molar-refractivity contribution in [2.24, 2.45) is 0 Å². The number of ether oxygens (including phenoxy) is 1. The van der Waals surface area contributed by atoms with Crippen LogP contribution in [0.1, 0.15) is 44.7 Å². The van der Waals surface area contributed by atoms with Gasteiger partial charge in [-0.1, -0.05) is 68.4 Å². The van der Waals surface area contributed by atoms with Crippen molar-refractivity contribution < 1.29 is 14.3 Å². The molecular formula is C28H33BrN2O3. The largest absolute Gasteiger partial charge is 0.483 e. The summed E-state index contributed by atoms with van der Waals surface area (Å²) < 4.78 is 6.77. The summed E-state index contributed by atoms with van der Waals surface area (Å²) in [7, 11) is 0. The Labute approximate surface area is 210 Å². The van der Waals surface area contributed by atoms with Gasteiger partial charge in [-0.05, 0) is 70.6 Å². The van der Waals surface area contributed by atoms with Crippen molar-refractivity contribution in [1.82, 2.24) is 10.2 Å². The first-order valence-corrected chi connectivity index (χ1v) is 12.6. The maximum absolute atomic E-state index is 13.5. The Hall–Kier alpha value is -2.86. The molecule has 2 atom stereocenters. The molecule has 0 aromatic heterocycles. The number of hydrogen-bond acceptors (Lipinski definition) is 3. The van der Waals surface area contributed by atoms with Gasteiger partial charge >= 0.3 is 0 Å². The Morgan fingerprint density at radius 1 is 1.00 bits per heavy atom. The topological polar surface area (TPSA) is 58.6 Å². The van der Waals surface area contributed by atoms with Crippen LogP contribution < -0.4 is 10.1 Å². The summed E-state index contributed by atoms with van der Waals surface area (Å²) in [5.74, 6) is 0.236. The quantitative estimate of drug-likeness (QED) is 0.353. The van der Waals surface area contributed by atoms with Gasteiger partial charge in [0.1, 0.15) is 11.8 Å². The average molecular weight is 525 g/mol. The zero-order chi connectivity index (χ0) is 24.7. The molecule has 0 aliphatic carbocycles. The molecule has 6 heteroatoms. The predicted octanol–water partition coefficient (Wildman–Crippen LogP) is 6.01. The minimum absolute atomic E-state index is 0.0433. The third-order valence-corrected chi connectivity index (χ3v) is 6.99. The highest BCUT2D eigenvalue weighted by molar-refractivity contribution is 9.10. The third kappa shape index (κ3) is 6.17. The monoisotopic (exact) mass is 524 g/mol.